The number of benzene rings is 2. The Hall–Kier alpha value is -3.15. The highest BCUT2D eigenvalue weighted by Crippen LogP contribution is 2.31. The molecule has 3 rings (SSSR count). The Kier molecular flexibility index (Phi) is 3.80. The first kappa shape index (κ1) is 14.8. The van der Waals surface area contributed by atoms with Gasteiger partial charge in [-0.1, -0.05) is 18.2 Å². The van der Waals surface area contributed by atoms with Crippen LogP contribution in [0.25, 0.3) is 11.3 Å². The standard InChI is InChI=1S/C17H14FN3O2/c1-21-14(8-9-20-21)11-6-7-12(17(19)22)16(10-11)23-15-5-3-2-4-13(15)18/h2-10H,1H3,(H2,19,22). The lowest BCUT2D eigenvalue weighted by Gasteiger charge is -2.12. The van der Waals surface area contributed by atoms with Crippen molar-refractivity contribution in [3.05, 3.63) is 66.1 Å². The molecule has 1 aromatic heterocycles. The predicted molar refractivity (Wildman–Crippen MR) is 83.6 cm³/mol. The van der Waals surface area contributed by atoms with Gasteiger partial charge in [-0.2, -0.15) is 5.10 Å². The molecule has 0 spiro atoms. The normalized spacial score (nSPS) is 10.5. The monoisotopic (exact) mass is 311 g/mol. The van der Waals surface area contributed by atoms with E-state index in [2.05, 4.69) is 5.10 Å². The molecule has 5 nitrogen and oxygen atoms in total. The van der Waals surface area contributed by atoms with Crippen LogP contribution < -0.4 is 10.5 Å². The molecular formula is C17H14FN3O2. The van der Waals surface area contributed by atoms with Crippen LogP contribution >= 0.6 is 0 Å². The summed E-state index contributed by atoms with van der Waals surface area (Å²) in [6.07, 6.45) is 1.66. The molecule has 0 atom stereocenters. The number of ether oxygens (including phenoxy) is 1. The molecule has 0 fully saturated rings. The van der Waals surface area contributed by atoms with Crippen LogP contribution in [0.3, 0.4) is 0 Å². The van der Waals surface area contributed by atoms with Crippen LogP contribution in [0.4, 0.5) is 4.39 Å². The van der Waals surface area contributed by atoms with E-state index in [1.165, 1.54) is 12.1 Å². The first-order valence-corrected chi connectivity index (χ1v) is 6.91. The van der Waals surface area contributed by atoms with E-state index in [-0.39, 0.29) is 17.1 Å². The molecule has 0 aliphatic heterocycles. The Morgan fingerprint density at radius 1 is 1.17 bits per heavy atom. The summed E-state index contributed by atoms with van der Waals surface area (Å²) < 4.78 is 21.1. The van der Waals surface area contributed by atoms with E-state index in [4.69, 9.17) is 10.5 Å². The van der Waals surface area contributed by atoms with Gasteiger partial charge in [-0.15, -0.1) is 0 Å². The maximum atomic E-state index is 13.8. The van der Waals surface area contributed by atoms with Crippen molar-refractivity contribution < 1.29 is 13.9 Å². The molecule has 0 aliphatic rings. The highest BCUT2D eigenvalue weighted by molar-refractivity contribution is 5.96. The molecule has 2 N–H and O–H groups in total. The average molecular weight is 311 g/mol. The second kappa shape index (κ2) is 5.92. The van der Waals surface area contributed by atoms with E-state index in [1.54, 1.807) is 48.3 Å². The van der Waals surface area contributed by atoms with Crippen molar-refractivity contribution in [2.75, 3.05) is 0 Å². The number of aromatic nitrogens is 2. The number of hydrogen-bond donors (Lipinski definition) is 1. The fourth-order valence-corrected chi connectivity index (χ4v) is 2.27. The lowest BCUT2D eigenvalue weighted by atomic mass is 10.1. The van der Waals surface area contributed by atoms with Gasteiger partial charge in [-0.25, -0.2) is 4.39 Å². The zero-order valence-electron chi connectivity index (χ0n) is 12.4. The molecule has 0 bridgehead atoms. The van der Waals surface area contributed by atoms with Crippen LogP contribution in [0.5, 0.6) is 11.5 Å². The van der Waals surface area contributed by atoms with Crippen molar-refractivity contribution in [3.8, 4) is 22.8 Å². The van der Waals surface area contributed by atoms with Crippen molar-refractivity contribution in [1.29, 1.82) is 0 Å². The van der Waals surface area contributed by atoms with Gasteiger partial charge in [0.15, 0.2) is 11.6 Å². The molecule has 1 heterocycles. The fraction of sp³-hybridized carbons (Fsp3) is 0.0588. The molecule has 0 radical (unpaired) electrons. The summed E-state index contributed by atoms with van der Waals surface area (Å²) in [5.74, 6) is -0.944. The topological polar surface area (TPSA) is 70.1 Å². The zero-order chi connectivity index (χ0) is 16.4. The molecule has 0 saturated heterocycles. The number of aryl methyl sites for hydroxylation is 1. The number of nitrogens with zero attached hydrogens (tertiary/aromatic N) is 2. The van der Waals surface area contributed by atoms with Crippen LogP contribution in [0.2, 0.25) is 0 Å². The SMILES string of the molecule is Cn1nccc1-c1ccc(C(N)=O)c(Oc2ccccc2F)c1. The first-order chi connectivity index (χ1) is 11.1. The van der Waals surface area contributed by atoms with Crippen LogP contribution in [0, 0.1) is 5.82 Å². The number of rotatable bonds is 4. The van der Waals surface area contributed by atoms with Crippen LogP contribution in [0.1, 0.15) is 10.4 Å². The summed E-state index contributed by atoms with van der Waals surface area (Å²) in [7, 11) is 1.80. The third-order valence-electron chi connectivity index (χ3n) is 3.42. The second-order valence-corrected chi connectivity index (χ2v) is 4.95. The summed E-state index contributed by atoms with van der Waals surface area (Å²) in [5, 5.41) is 4.10. The number of halogens is 1. The summed E-state index contributed by atoms with van der Waals surface area (Å²) in [4.78, 5) is 11.6. The predicted octanol–water partition coefficient (Wildman–Crippen LogP) is 3.12. The van der Waals surface area contributed by atoms with Crippen molar-refractivity contribution >= 4 is 5.91 Å². The number of amides is 1. The highest BCUT2D eigenvalue weighted by atomic mass is 19.1. The van der Waals surface area contributed by atoms with Gasteiger partial charge in [-0.3, -0.25) is 9.48 Å². The number of carbonyl (C=O) groups is 1. The molecule has 1 amide bonds. The minimum atomic E-state index is -0.645. The third-order valence-corrected chi connectivity index (χ3v) is 3.42. The number of nitrogens with two attached hydrogens (primary N) is 1. The second-order valence-electron chi connectivity index (χ2n) is 4.95. The summed E-state index contributed by atoms with van der Waals surface area (Å²) >= 11 is 0. The number of carbonyl (C=O) groups excluding carboxylic acids is 1. The minimum Gasteiger partial charge on any atom is -0.453 e. The van der Waals surface area contributed by atoms with Crippen molar-refractivity contribution in [1.82, 2.24) is 9.78 Å². The smallest absolute Gasteiger partial charge is 0.252 e. The lowest BCUT2D eigenvalue weighted by Crippen LogP contribution is -2.12. The van der Waals surface area contributed by atoms with E-state index < -0.39 is 11.7 Å². The van der Waals surface area contributed by atoms with Crippen LogP contribution in [-0.4, -0.2) is 15.7 Å². The van der Waals surface area contributed by atoms with E-state index >= 15 is 0 Å². The Labute approximate surface area is 132 Å². The van der Waals surface area contributed by atoms with E-state index in [0.29, 0.717) is 0 Å². The number of primary amides is 1. The van der Waals surface area contributed by atoms with Gasteiger partial charge in [0.25, 0.3) is 5.91 Å². The van der Waals surface area contributed by atoms with E-state index in [1.807, 2.05) is 6.07 Å². The summed E-state index contributed by atoms with van der Waals surface area (Å²) in [5.41, 5.74) is 7.17. The number of hydrogen-bond acceptors (Lipinski definition) is 3. The van der Waals surface area contributed by atoms with Gasteiger partial charge in [0.2, 0.25) is 0 Å². The molecular weight excluding hydrogens is 297 g/mol. The van der Waals surface area contributed by atoms with Crippen LogP contribution in [0.15, 0.2) is 54.7 Å². The fourth-order valence-electron chi connectivity index (χ4n) is 2.27. The van der Waals surface area contributed by atoms with Gasteiger partial charge < -0.3 is 10.5 Å². The average Bonchev–Trinajstić information content (AvgIpc) is 2.95. The lowest BCUT2D eigenvalue weighted by molar-refractivity contribution is 0.0998. The van der Waals surface area contributed by atoms with E-state index in [0.717, 1.165) is 11.3 Å². The van der Waals surface area contributed by atoms with Crippen molar-refractivity contribution in [2.45, 2.75) is 0 Å². The summed E-state index contributed by atoms with van der Waals surface area (Å²) in [6, 6.07) is 12.7. The number of para-hydroxylation sites is 1. The molecule has 0 aliphatic carbocycles. The molecule has 116 valence electrons. The zero-order valence-corrected chi connectivity index (χ0v) is 12.4. The first-order valence-electron chi connectivity index (χ1n) is 6.91. The van der Waals surface area contributed by atoms with Crippen LogP contribution in [-0.2, 0) is 7.05 Å². The maximum absolute atomic E-state index is 13.8. The largest absolute Gasteiger partial charge is 0.453 e. The Morgan fingerprint density at radius 2 is 1.96 bits per heavy atom. The van der Waals surface area contributed by atoms with Gasteiger partial charge in [0.1, 0.15) is 5.75 Å². The van der Waals surface area contributed by atoms with Crippen molar-refractivity contribution in [3.63, 3.8) is 0 Å². The van der Waals surface area contributed by atoms with Gasteiger partial charge >= 0.3 is 0 Å². The van der Waals surface area contributed by atoms with Crippen molar-refractivity contribution in [2.24, 2.45) is 12.8 Å². The molecule has 23 heavy (non-hydrogen) atoms. The van der Waals surface area contributed by atoms with E-state index in [9.17, 15) is 9.18 Å². The maximum Gasteiger partial charge on any atom is 0.252 e. The Bertz CT molecular complexity index is 874. The Balaban J connectivity index is 2.08. The molecule has 0 unspecified atom stereocenters. The third kappa shape index (κ3) is 2.91. The molecule has 6 heteroatoms. The summed E-state index contributed by atoms with van der Waals surface area (Å²) in [6.45, 7) is 0. The Morgan fingerprint density at radius 3 is 2.61 bits per heavy atom. The highest BCUT2D eigenvalue weighted by Gasteiger charge is 2.15. The van der Waals surface area contributed by atoms with Gasteiger partial charge in [0, 0.05) is 18.8 Å². The van der Waals surface area contributed by atoms with Gasteiger partial charge in [-0.05, 0) is 30.3 Å². The molecule has 3 aromatic rings. The minimum absolute atomic E-state index is 0.0251. The van der Waals surface area contributed by atoms with Gasteiger partial charge in [0.05, 0.1) is 11.3 Å². The molecule has 0 saturated carbocycles. The quantitative estimate of drug-likeness (QED) is 0.805. The molecule has 2 aromatic carbocycles.